The molecular formula is C12H20N2O3. The molecule has 0 atom stereocenters. The second-order valence-electron chi connectivity index (χ2n) is 4.91. The Morgan fingerprint density at radius 1 is 1.41 bits per heavy atom. The summed E-state index contributed by atoms with van der Waals surface area (Å²) in [5.41, 5.74) is 4.95. The van der Waals surface area contributed by atoms with Gasteiger partial charge in [0.15, 0.2) is 0 Å². The standard InChI is InChI=1S/C12H20N2O3/c1-12(2,3)17-11(15)14(4)8-10-6-5-9(7-13)16-10/h5-6H,7-8,13H2,1-4H3. The molecule has 0 aliphatic rings. The molecule has 2 N–H and O–H groups in total. The minimum absolute atomic E-state index is 0.357. The van der Waals surface area contributed by atoms with E-state index in [2.05, 4.69) is 0 Å². The first-order valence-electron chi connectivity index (χ1n) is 5.53. The van der Waals surface area contributed by atoms with Gasteiger partial charge >= 0.3 is 6.09 Å². The summed E-state index contributed by atoms with van der Waals surface area (Å²) >= 11 is 0. The van der Waals surface area contributed by atoms with E-state index in [9.17, 15) is 4.79 Å². The van der Waals surface area contributed by atoms with Gasteiger partial charge in [-0.1, -0.05) is 0 Å². The van der Waals surface area contributed by atoms with E-state index in [0.29, 0.717) is 24.6 Å². The molecule has 1 heterocycles. The van der Waals surface area contributed by atoms with Gasteiger partial charge in [0.1, 0.15) is 17.1 Å². The fourth-order valence-corrected chi connectivity index (χ4v) is 1.26. The lowest BCUT2D eigenvalue weighted by molar-refractivity contribution is 0.0274. The van der Waals surface area contributed by atoms with Gasteiger partial charge in [0.2, 0.25) is 0 Å². The summed E-state index contributed by atoms with van der Waals surface area (Å²) < 4.78 is 10.6. The van der Waals surface area contributed by atoms with E-state index in [0.717, 1.165) is 0 Å². The Hall–Kier alpha value is -1.49. The van der Waals surface area contributed by atoms with Crippen molar-refractivity contribution in [1.82, 2.24) is 4.90 Å². The Morgan fingerprint density at radius 2 is 2.00 bits per heavy atom. The normalized spacial score (nSPS) is 11.4. The van der Waals surface area contributed by atoms with Gasteiger partial charge in [0.05, 0.1) is 13.1 Å². The molecule has 0 unspecified atom stereocenters. The van der Waals surface area contributed by atoms with Crippen LogP contribution < -0.4 is 5.73 Å². The van der Waals surface area contributed by atoms with Gasteiger partial charge in [0.25, 0.3) is 0 Å². The van der Waals surface area contributed by atoms with Gasteiger partial charge in [0, 0.05) is 7.05 Å². The third kappa shape index (κ3) is 4.48. The molecule has 96 valence electrons. The maximum Gasteiger partial charge on any atom is 0.410 e. The second-order valence-corrected chi connectivity index (χ2v) is 4.91. The van der Waals surface area contributed by atoms with E-state index < -0.39 is 5.60 Å². The zero-order chi connectivity index (χ0) is 13.1. The molecule has 1 amide bonds. The Morgan fingerprint density at radius 3 is 2.47 bits per heavy atom. The van der Waals surface area contributed by atoms with Crippen molar-refractivity contribution in [3.8, 4) is 0 Å². The number of nitrogens with zero attached hydrogens (tertiary/aromatic N) is 1. The van der Waals surface area contributed by atoms with Gasteiger partial charge in [-0.2, -0.15) is 0 Å². The zero-order valence-electron chi connectivity index (χ0n) is 10.8. The van der Waals surface area contributed by atoms with Crippen molar-refractivity contribution in [1.29, 1.82) is 0 Å². The van der Waals surface area contributed by atoms with E-state index in [1.165, 1.54) is 4.90 Å². The van der Waals surface area contributed by atoms with Gasteiger partial charge in [-0.15, -0.1) is 0 Å². The van der Waals surface area contributed by atoms with Crippen molar-refractivity contribution in [3.63, 3.8) is 0 Å². The lowest BCUT2D eigenvalue weighted by atomic mass is 10.2. The van der Waals surface area contributed by atoms with Crippen LogP contribution in [0, 0.1) is 0 Å². The minimum atomic E-state index is -0.489. The van der Waals surface area contributed by atoms with E-state index in [-0.39, 0.29) is 6.09 Å². The second kappa shape index (κ2) is 5.23. The van der Waals surface area contributed by atoms with Gasteiger partial charge < -0.3 is 19.8 Å². The van der Waals surface area contributed by atoms with Crippen LogP contribution in [-0.2, 0) is 17.8 Å². The van der Waals surface area contributed by atoms with Crippen LogP contribution >= 0.6 is 0 Å². The topological polar surface area (TPSA) is 68.7 Å². The van der Waals surface area contributed by atoms with Crippen LogP contribution in [0.2, 0.25) is 0 Å². The molecule has 1 rings (SSSR count). The molecule has 0 bridgehead atoms. The molecule has 0 radical (unpaired) electrons. The van der Waals surface area contributed by atoms with Crippen molar-refractivity contribution < 1.29 is 13.9 Å². The maximum atomic E-state index is 11.7. The zero-order valence-corrected chi connectivity index (χ0v) is 10.8. The summed E-state index contributed by atoms with van der Waals surface area (Å²) in [6.45, 7) is 6.22. The fourth-order valence-electron chi connectivity index (χ4n) is 1.26. The average molecular weight is 240 g/mol. The number of amides is 1. The first-order valence-corrected chi connectivity index (χ1v) is 5.53. The molecule has 0 spiro atoms. The number of rotatable bonds is 3. The van der Waals surface area contributed by atoms with E-state index in [1.54, 1.807) is 13.1 Å². The molecule has 0 fully saturated rings. The Labute approximate surface area is 102 Å². The first-order chi connectivity index (χ1) is 7.81. The number of ether oxygens (including phenoxy) is 1. The van der Waals surface area contributed by atoms with Crippen molar-refractivity contribution in [2.45, 2.75) is 39.5 Å². The molecule has 17 heavy (non-hydrogen) atoms. The quantitative estimate of drug-likeness (QED) is 0.878. The minimum Gasteiger partial charge on any atom is -0.463 e. The summed E-state index contributed by atoms with van der Waals surface area (Å²) in [6.07, 6.45) is -0.372. The summed E-state index contributed by atoms with van der Waals surface area (Å²) in [4.78, 5) is 13.1. The highest BCUT2D eigenvalue weighted by atomic mass is 16.6. The molecule has 5 heteroatoms. The number of furan rings is 1. The third-order valence-corrected chi connectivity index (χ3v) is 2.02. The third-order valence-electron chi connectivity index (χ3n) is 2.02. The lowest BCUT2D eigenvalue weighted by Gasteiger charge is -2.24. The average Bonchev–Trinajstić information content (AvgIpc) is 2.62. The summed E-state index contributed by atoms with van der Waals surface area (Å²) in [5, 5.41) is 0. The van der Waals surface area contributed by atoms with Crippen LogP contribution in [0.15, 0.2) is 16.5 Å². The van der Waals surface area contributed by atoms with E-state index in [1.807, 2.05) is 26.8 Å². The Kier molecular flexibility index (Phi) is 4.17. The number of carbonyl (C=O) groups excluding carboxylic acids is 1. The van der Waals surface area contributed by atoms with Crippen LogP contribution in [0.5, 0.6) is 0 Å². The fraction of sp³-hybridized carbons (Fsp3) is 0.583. The molecule has 0 aromatic carbocycles. The van der Waals surface area contributed by atoms with Crippen molar-refractivity contribution in [3.05, 3.63) is 23.7 Å². The van der Waals surface area contributed by atoms with Gasteiger partial charge in [-0.25, -0.2) is 4.79 Å². The summed E-state index contributed by atoms with van der Waals surface area (Å²) in [6, 6.07) is 3.61. The number of nitrogens with two attached hydrogens (primary N) is 1. The maximum absolute atomic E-state index is 11.7. The molecule has 0 saturated heterocycles. The van der Waals surface area contributed by atoms with Crippen molar-refractivity contribution in [2.75, 3.05) is 7.05 Å². The molecule has 1 aromatic rings. The van der Waals surface area contributed by atoms with Crippen LogP contribution in [-0.4, -0.2) is 23.6 Å². The Balaban J connectivity index is 2.54. The molecule has 5 nitrogen and oxygen atoms in total. The van der Waals surface area contributed by atoms with Crippen LogP contribution in [0.1, 0.15) is 32.3 Å². The predicted molar refractivity (Wildman–Crippen MR) is 64.3 cm³/mol. The molecule has 0 aliphatic carbocycles. The highest BCUT2D eigenvalue weighted by Crippen LogP contribution is 2.13. The van der Waals surface area contributed by atoms with Crippen LogP contribution in [0.4, 0.5) is 4.79 Å². The van der Waals surface area contributed by atoms with E-state index in [4.69, 9.17) is 14.9 Å². The van der Waals surface area contributed by atoms with E-state index >= 15 is 0 Å². The molecule has 0 aliphatic heterocycles. The highest BCUT2D eigenvalue weighted by Gasteiger charge is 2.20. The highest BCUT2D eigenvalue weighted by molar-refractivity contribution is 5.67. The first kappa shape index (κ1) is 13.6. The van der Waals surface area contributed by atoms with Gasteiger partial charge in [-0.3, -0.25) is 0 Å². The number of carbonyl (C=O) groups is 1. The SMILES string of the molecule is CN(Cc1ccc(CN)o1)C(=O)OC(C)(C)C. The monoisotopic (exact) mass is 240 g/mol. The van der Waals surface area contributed by atoms with Crippen molar-refractivity contribution >= 4 is 6.09 Å². The lowest BCUT2D eigenvalue weighted by Crippen LogP contribution is -2.33. The number of hydrogen-bond donors (Lipinski definition) is 1. The number of hydrogen-bond acceptors (Lipinski definition) is 4. The largest absolute Gasteiger partial charge is 0.463 e. The Bertz CT molecular complexity index is 379. The summed E-state index contributed by atoms with van der Waals surface area (Å²) in [7, 11) is 1.67. The molecule has 0 saturated carbocycles. The van der Waals surface area contributed by atoms with Crippen LogP contribution in [0.25, 0.3) is 0 Å². The summed E-state index contributed by atoms with van der Waals surface area (Å²) in [5.74, 6) is 1.40. The van der Waals surface area contributed by atoms with Crippen LogP contribution in [0.3, 0.4) is 0 Å². The molecule has 1 aromatic heterocycles. The van der Waals surface area contributed by atoms with Gasteiger partial charge in [-0.05, 0) is 32.9 Å². The molecular weight excluding hydrogens is 220 g/mol. The predicted octanol–water partition coefficient (Wildman–Crippen LogP) is 2.11. The van der Waals surface area contributed by atoms with Crippen molar-refractivity contribution in [2.24, 2.45) is 5.73 Å². The smallest absolute Gasteiger partial charge is 0.410 e.